The van der Waals surface area contributed by atoms with Crippen LogP contribution in [0.4, 0.5) is 4.79 Å². The SMILES string of the molecule is COc1ccc2c(O[C@@H]3C[C@H]4C(=O)N[C@]5(C(=O)NS(=O)(=O)C6CC6)C[C@H]5/C=C\CCCCC[C@H](NC(=O)N5CCC(O)CC5)C(=O)N4C3)cc(-c3nc(C(C)C)cs3)nc2c1C. The Labute approximate surface area is 366 Å². The Balaban J connectivity index is 1.14. The minimum Gasteiger partial charge on any atom is -0.496 e. The summed E-state index contributed by atoms with van der Waals surface area (Å²) in [5, 5.41) is 18.8. The van der Waals surface area contributed by atoms with Gasteiger partial charge in [-0.05, 0) is 76.3 Å². The van der Waals surface area contributed by atoms with Crippen LogP contribution in [0.2, 0.25) is 0 Å². The molecule has 2 aliphatic carbocycles. The van der Waals surface area contributed by atoms with E-state index in [4.69, 9.17) is 19.4 Å². The molecular weight excluding hydrogens is 835 g/mol. The fourth-order valence-electron chi connectivity index (χ4n) is 8.81. The Morgan fingerprint density at radius 1 is 1.05 bits per heavy atom. The van der Waals surface area contributed by atoms with Gasteiger partial charge >= 0.3 is 6.03 Å². The lowest BCUT2D eigenvalue weighted by Gasteiger charge is -2.33. The van der Waals surface area contributed by atoms with Crippen molar-refractivity contribution < 1.29 is 42.2 Å². The number of hydrogen-bond donors (Lipinski definition) is 4. The third kappa shape index (κ3) is 9.14. The van der Waals surface area contributed by atoms with Crippen molar-refractivity contribution in [3.8, 4) is 22.2 Å². The highest BCUT2D eigenvalue weighted by molar-refractivity contribution is 7.91. The van der Waals surface area contributed by atoms with Crippen LogP contribution >= 0.6 is 11.3 Å². The molecule has 5 aliphatic rings. The van der Waals surface area contributed by atoms with E-state index < -0.39 is 74.8 Å². The molecule has 3 aliphatic heterocycles. The van der Waals surface area contributed by atoms with E-state index in [1.54, 1.807) is 12.0 Å². The van der Waals surface area contributed by atoms with Gasteiger partial charge in [-0.15, -0.1) is 11.3 Å². The molecule has 2 saturated heterocycles. The molecular formula is C44H57N7O9S2. The number of nitrogens with one attached hydrogen (secondary N) is 3. The Kier molecular flexibility index (Phi) is 12.5. The summed E-state index contributed by atoms with van der Waals surface area (Å²) in [5.41, 5.74) is 1.46. The second-order valence-electron chi connectivity index (χ2n) is 17.7. The lowest BCUT2D eigenvalue weighted by Crippen LogP contribution is -2.59. The maximum atomic E-state index is 14.9. The predicted molar refractivity (Wildman–Crippen MR) is 233 cm³/mol. The van der Waals surface area contributed by atoms with Crippen molar-refractivity contribution in [3.05, 3.63) is 47.0 Å². The number of aliphatic hydroxyl groups excluding tert-OH is 1. The minimum absolute atomic E-state index is 0.0131. The van der Waals surface area contributed by atoms with E-state index in [0.29, 0.717) is 91.1 Å². The lowest BCUT2D eigenvalue weighted by atomic mass is 10.0. The molecule has 3 aromatic rings. The van der Waals surface area contributed by atoms with Crippen LogP contribution in [0.25, 0.3) is 21.6 Å². The number of benzene rings is 1. The van der Waals surface area contributed by atoms with Gasteiger partial charge in [0, 0.05) is 47.8 Å². The van der Waals surface area contributed by atoms with Crippen LogP contribution in [0, 0.1) is 12.8 Å². The molecule has 5 amide bonds. The quantitative estimate of drug-likeness (QED) is 0.217. The van der Waals surface area contributed by atoms with Crippen LogP contribution in [0.5, 0.6) is 11.5 Å². The van der Waals surface area contributed by atoms with E-state index >= 15 is 0 Å². The maximum absolute atomic E-state index is 14.9. The number of piperidine rings is 1. The summed E-state index contributed by atoms with van der Waals surface area (Å²) in [6, 6.07) is 3.02. The number of nitrogens with zero attached hydrogens (tertiary/aromatic N) is 4. The Morgan fingerprint density at radius 3 is 2.53 bits per heavy atom. The van der Waals surface area contributed by atoms with Gasteiger partial charge in [0.25, 0.3) is 5.91 Å². The molecule has 18 heteroatoms. The summed E-state index contributed by atoms with van der Waals surface area (Å²) in [5.74, 6) is -0.973. The average Bonchev–Trinajstić information content (AvgIpc) is 4.12. The number of carbonyl (C=O) groups is 4. The Morgan fingerprint density at radius 2 is 1.82 bits per heavy atom. The number of allylic oxidation sites excluding steroid dienone is 1. The number of aryl methyl sites for hydroxylation is 1. The topological polar surface area (TPSA) is 209 Å². The van der Waals surface area contributed by atoms with Crippen molar-refractivity contribution in [2.75, 3.05) is 26.7 Å². The molecule has 1 aromatic carbocycles. The summed E-state index contributed by atoms with van der Waals surface area (Å²) in [4.78, 5) is 70.1. The number of rotatable bonds is 9. The third-order valence-electron chi connectivity index (χ3n) is 12.9. The number of ether oxygens (including phenoxy) is 2. The van der Waals surface area contributed by atoms with Crippen LogP contribution in [0.1, 0.15) is 102 Å². The first kappa shape index (κ1) is 43.8. The van der Waals surface area contributed by atoms with Crippen molar-refractivity contribution in [3.63, 3.8) is 0 Å². The number of aliphatic hydroxyl groups is 1. The van der Waals surface area contributed by atoms with Gasteiger partial charge in [-0.2, -0.15) is 0 Å². The van der Waals surface area contributed by atoms with Gasteiger partial charge in [0.1, 0.15) is 45.9 Å². The second kappa shape index (κ2) is 17.8. The fourth-order valence-corrected chi connectivity index (χ4v) is 11.1. The van der Waals surface area contributed by atoms with Gasteiger partial charge in [0.05, 0.1) is 36.2 Å². The van der Waals surface area contributed by atoms with E-state index in [1.165, 1.54) is 16.2 Å². The maximum Gasteiger partial charge on any atom is 0.318 e. The largest absolute Gasteiger partial charge is 0.496 e. The molecule has 0 radical (unpaired) electrons. The summed E-state index contributed by atoms with van der Waals surface area (Å²) in [6.45, 7) is 6.75. The predicted octanol–water partition coefficient (Wildman–Crippen LogP) is 4.69. The van der Waals surface area contributed by atoms with E-state index in [-0.39, 0.29) is 25.3 Å². The van der Waals surface area contributed by atoms with Crippen LogP contribution < -0.4 is 24.8 Å². The highest BCUT2D eigenvalue weighted by Gasteiger charge is 2.62. The molecule has 0 unspecified atom stereocenters. The van der Waals surface area contributed by atoms with E-state index in [9.17, 15) is 32.7 Å². The third-order valence-corrected chi connectivity index (χ3v) is 15.6. The molecule has 334 valence electrons. The number of hydrogen-bond acceptors (Lipinski definition) is 12. The number of pyridine rings is 1. The van der Waals surface area contributed by atoms with E-state index in [0.717, 1.165) is 24.1 Å². The number of likely N-dealkylation sites (tertiary alicyclic amines) is 1. The molecule has 0 bridgehead atoms. The zero-order chi connectivity index (χ0) is 43.9. The van der Waals surface area contributed by atoms with Gasteiger partial charge in [-0.3, -0.25) is 19.1 Å². The Hall–Kier alpha value is -4.81. The van der Waals surface area contributed by atoms with E-state index in [1.807, 2.05) is 42.7 Å². The summed E-state index contributed by atoms with van der Waals surface area (Å²) in [6.07, 6.45) is 7.89. The van der Waals surface area contributed by atoms with Gasteiger partial charge < -0.3 is 35.0 Å². The summed E-state index contributed by atoms with van der Waals surface area (Å²) < 4.78 is 40.7. The molecule has 8 rings (SSSR count). The number of urea groups is 1. The second-order valence-corrected chi connectivity index (χ2v) is 20.6. The Bertz CT molecular complexity index is 2360. The van der Waals surface area contributed by atoms with Crippen molar-refractivity contribution in [2.24, 2.45) is 5.92 Å². The molecule has 16 nitrogen and oxygen atoms in total. The van der Waals surface area contributed by atoms with Crippen molar-refractivity contribution in [1.29, 1.82) is 0 Å². The standard InChI is InChI=1S/C44H57N7O9S2/c1-25(2)34-24-61-40(46-34)33-21-37(31-14-15-36(59-4)26(3)38(31)45-33)60-29-20-35-39(53)48-44(42(55)49-62(57,58)30-12-13-30)22-27(44)10-8-6-5-7-9-11-32(41(54)51(35)23-29)47-43(56)50-18-16-28(52)17-19-50/h8,10,14-15,21,24-25,27-30,32,35,52H,5-7,9,11-13,16-20,22-23H2,1-4H3,(H,47,56)(H,48,53)(H,49,55)/b10-8-/t27-,29-,32+,35+,44-/m1/s1. The number of carbonyl (C=O) groups excluding carboxylic acids is 4. The van der Waals surface area contributed by atoms with Gasteiger partial charge in [0.15, 0.2) is 0 Å². The smallest absolute Gasteiger partial charge is 0.318 e. The number of thiazole rings is 1. The van der Waals surface area contributed by atoms with Crippen molar-refractivity contribution in [2.45, 2.75) is 132 Å². The molecule has 4 fully saturated rings. The summed E-state index contributed by atoms with van der Waals surface area (Å²) in [7, 11) is -2.32. The number of aromatic nitrogens is 2. The molecule has 5 heterocycles. The van der Waals surface area contributed by atoms with Gasteiger partial charge in [0.2, 0.25) is 21.8 Å². The number of amides is 5. The fraction of sp³-hybridized carbons (Fsp3) is 0.591. The molecule has 0 spiro atoms. The normalized spacial score (nSPS) is 26.8. The van der Waals surface area contributed by atoms with Crippen LogP contribution in [-0.2, 0) is 24.4 Å². The zero-order valence-electron chi connectivity index (χ0n) is 35.7. The van der Waals surface area contributed by atoms with Crippen LogP contribution in [0.3, 0.4) is 0 Å². The minimum atomic E-state index is -3.92. The molecule has 2 saturated carbocycles. The average molecular weight is 892 g/mol. The number of sulfonamides is 1. The first-order valence-corrected chi connectivity index (χ1v) is 24.3. The first-order valence-electron chi connectivity index (χ1n) is 21.9. The van der Waals surface area contributed by atoms with Crippen molar-refractivity contribution in [1.82, 2.24) is 35.1 Å². The first-order chi connectivity index (χ1) is 29.7. The number of methoxy groups -OCH3 is 1. The van der Waals surface area contributed by atoms with Crippen LogP contribution in [0.15, 0.2) is 35.7 Å². The highest BCUT2D eigenvalue weighted by atomic mass is 32.2. The van der Waals surface area contributed by atoms with Gasteiger partial charge in [-0.25, -0.2) is 23.2 Å². The molecule has 62 heavy (non-hydrogen) atoms. The summed E-state index contributed by atoms with van der Waals surface area (Å²) >= 11 is 1.48. The lowest BCUT2D eigenvalue weighted by molar-refractivity contribution is -0.141. The molecule has 4 N–H and O–H groups in total. The monoisotopic (exact) mass is 891 g/mol. The van der Waals surface area contributed by atoms with Crippen LogP contribution in [-0.4, -0.2) is 119 Å². The highest BCUT2D eigenvalue weighted by Crippen LogP contribution is 2.46. The molecule has 2 aromatic heterocycles. The molecule has 5 atom stereocenters. The van der Waals surface area contributed by atoms with Gasteiger partial charge in [-0.1, -0.05) is 38.8 Å². The van der Waals surface area contributed by atoms with Crippen molar-refractivity contribution >= 4 is 56.0 Å². The zero-order valence-corrected chi connectivity index (χ0v) is 37.4. The number of fused-ring (bicyclic) bond motifs is 3. The van der Waals surface area contributed by atoms with E-state index in [2.05, 4.69) is 29.2 Å².